The molecule has 1 rings (SSSR count). The molecule has 0 bridgehead atoms. The molecular formula is C14H21NO10. The number of hydrogen-bond donors (Lipinski definition) is 2. The zero-order valence-corrected chi connectivity index (χ0v) is 14.2. The molecule has 11 nitrogen and oxygen atoms in total. The number of carbonyl (C=O) groups is 4. The highest BCUT2D eigenvalue weighted by molar-refractivity contribution is 5.68. The minimum absolute atomic E-state index is 0.351. The molecule has 2 N–H and O–H groups in total. The van der Waals surface area contributed by atoms with Crippen molar-refractivity contribution >= 4 is 23.9 Å². The van der Waals surface area contributed by atoms with E-state index in [9.17, 15) is 24.4 Å². The number of rotatable bonds is 6. The summed E-state index contributed by atoms with van der Waals surface area (Å²) < 4.78 is 25.6. The van der Waals surface area contributed by atoms with Crippen LogP contribution in [0.3, 0.4) is 0 Å². The average molecular weight is 363 g/mol. The van der Waals surface area contributed by atoms with Gasteiger partial charge >= 0.3 is 23.9 Å². The molecule has 0 radical (unpaired) electrons. The van der Waals surface area contributed by atoms with Crippen molar-refractivity contribution in [3.8, 4) is 0 Å². The van der Waals surface area contributed by atoms with Gasteiger partial charge in [-0.2, -0.15) is 5.48 Å². The Morgan fingerprint density at radius 3 is 1.76 bits per heavy atom. The Balaban J connectivity index is 3.18. The van der Waals surface area contributed by atoms with Gasteiger partial charge in [-0.3, -0.25) is 19.2 Å². The molecule has 142 valence electrons. The average Bonchev–Trinajstić information content (AvgIpc) is 2.48. The molecule has 0 aromatic heterocycles. The van der Waals surface area contributed by atoms with Gasteiger partial charge in [0, 0.05) is 27.7 Å². The van der Waals surface area contributed by atoms with Crippen molar-refractivity contribution in [2.24, 2.45) is 0 Å². The normalized spacial score (nSPS) is 28.6. The zero-order chi connectivity index (χ0) is 19.1. The highest BCUT2D eigenvalue weighted by Gasteiger charge is 2.52. The molecule has 11 heteroatoms. The third-order valence-electron chi connectivity index (χ3n) is 3.12. The topological polar surface area (TPSA) is 147 Å². The molecule has 0 amide bonds. The van der Waals surface area contributed by atoms with Gasteiger partial charge in [0.25, 0.3) is 0 Å². The van der Waals surface area contributed by atoms with Gasteiger partial charge in [0.15, 0.2) is 24.5 Å². The molecule has 1 heterocycles. The third kappa shape index (κ3) is 6.29. The second-order valence-electron chi connectivity index (χ2n) is 5.25. The molecule has 1 saturated heterocycles. The summed E-state index contributed by atoms with van der Waals surface area (Å²) in [4.78, 5) is 45.2. The third-order valence-corrected chi connectivity index (χ3v) is 3.12. The summed E-state index contributed by atoms with van der Waals surface area (Å²) in [6.07, 6.45) is -6.27. The van der Waals surface area contributed by atoms with Crippen molar-refractivity contribution in [1.82, 2.24) is 5.48 Å². The van der Waals surface area contributed by atoms with Crippen LogP contribution in [0.15, 0.2) is 0 Å². The number of ether oxygens (including phenoxy) is 5. The van der Waals surface area contributed by atoms with Gasteiger partial charge in [-0.1, -0.05) is 0 Å². The molecule has 0 unspecified atom stereocenters. The van der Waals surface area contributed by atoms with Gasteiger partial charge in [0.05, 0.1) is 0 Å². The first-order valence-electron chi connectivity index (χ1n) is 7.35. The predicted molar refractivity (Wildman–Crippen MR) is 76.9 cm³/mol. The van der Waals surface area contributed by atoms with E-state index in [1.807, 2.05) is 0 Å². The maximum absolute atomic E-state index is 11.4. The van der Waals surface area contributed by atoms with Gasteiger partial charge in [-0.25, -0.2) is 0 Å². The minimum Gasteiger partial charge on any atom is -0.463 e. The summed E-state index contributed by atoms with van der Waals surface area (Å²) in [5, 5.41) is 9.27. The molecule has 5 atom stereocenters. The molecule has 1 aliphatic rings. The van der Waals surface area contributed by atoms with E-state index in [0.29, 0.717) is 0 Å². The van der Waals surface area contributed by atoms with E-state index >= 15 is 0 Å². The number of hydroxylamine groups is 1. The lowest BCUT2D eigenvalue weighted by Gasteiger charge is -2.43. The van der Waals surface area contributed by atoms with Gasteiger partial charge in [-0.05, 0) is 0 Å². The van der Waals surface area contributed by atoms with Crippen LogP contribution in [0.4, 0.5) is 0 Å². The Morgan fingerprint density at radius 1 is 0.840 bits per heavy atom. The van der Waals surface area contributed by atoms with Crippen LogP contribution in [0.2, 0.25) is 0 Å². The van der Waals surface area contributed by atoms with Crippen molar-refractivity contribution in [3.63, 3.8) is 0 Å². The minimum atomic E-state index is -1.32. The van der Waals surface area contributed by atoms with Crippen LogP contribution in [-0.2, 0) is 42.9 Å². The summed E-state index contributed by atoms with van der Waals surface area (Å²) >= 11 is 0. The van der Waals surface area contributed by atoms with E-state index < -0.39 is 54.5 Å². The lowest BCUT2D eigenvalue weighted by atomic mass is 9.97. The zero-order valence-electron chi connectivity index (χ0n) is 14.2. The van der Waals surface area contributed by atoms with Crippen molar-refractivity contribution in [2.45, 2.75) is 58.3 Å². The Morgan fingerprint density at radius 2 is 1.32 bits per heavy atom. The van der Waals surface area contributed by atoms with Gasteiger partial charge < -0.3 is 28.9 Å². The lowest BCUT2D eigenvalue weighted by molar-refractivity contribution is -0.270. The van der Waals surface area contributed by atoms with E-state index in [2.05, 4.69) is 0 Å². The number of esters is 4. The number of nitrogens with one attached hydrogen (secondary N) is 1. The molecule has 0 aromatic rings. The largest absolute Gasteiger partial charge is 0.463 e. The second kappa shape index (κ2) is 9.30. The first-order chi connectivity index (χ1) is 11.6. The SMILES string of the molecule is CC(=O)OC[C@H]1O[C@@H](NO)[C@H](OC(C)=O)[C@@H](OC(C)=O)[C@H]1OC(C)=O. The quantitative estimate of drug-likeness (QED) is 0.342. The highest BCUT2D eigenvalue weighted by Crippen LogP contribution is 2.28. The Hall–Kier alpha value is -2.24. The van der Waals surface area contributed by atoms with Crippen LogP contribution in [0.1, 0.15) is 27.7 Å². The van der Waals surface area contributed by atoms with Crippen LogP contribution in [-0.4, -0.2) is 66.3 Å². The summed E-state index contributed by atoms with van der Waals surface area (Å²) in [6, 6.07) is 0. The van der Waals surface area contributed by atoms with E-state index in [4.69, 9.17) is 23.7 Å². The van der Waals surface area contributed by atoms with E-state index in [-0.39, 0.29) is 6.61 Å². The van der Waals surface area contributed by atoms with Crippen LogP contribution >= 0.6 is 0 Å². The van der Waals surface area contributed by atoms with E-state index in [0.717, 1.165) is 27.7 Å². The summed E-state index contributed by atoms with van der Waals surface area (Å²) in [6.45, 7) is 4.14. The van der Waals surface area contributed by atoms with Gasteiger partial charge in [-0.15, -0.1) is 0 Å². The maximum Gasteiger partial charge on any atom is 0.303 e. The molecule has 0 aliphatic carbocycles. The summed E-state index contributed by atoms with van der Waals surface area (Å²) in [5.74, 6) is -2.84. The second-order valence-corrected chi connectivity index (χ2v) is 5.25. The van der Waals surface area contributed by atoms with Crippen molar-refractivity contribution in [1.29, 1.82) is 0 Å². The monoisotopic (exact) mass is 363 g/mol. The molecule has 1 aliphatic heterocycles. The van der Waals surface area contributed by atoms with Gasteiger partial charge in [0.2, 0.25) is 0 Å². The summed E-state index contributed by atoms with van der Waals surface area (Å²) in [5.41, 5.74) is 1.78. The van der Waals surface area contributed by atoms with Gasteiger partial charge in [0.1, 0.15) is 12.7 Å². The highest BCUT2D eigenvalue weighted by atomic mass is 16.7. The Kier molecular flexibility index (Phi) is 7.74. The molecule has 0 saturated carbocycles. The fraction of sp³-hybridized carbons (Fsp3) is 0.714. The molecular weight excluding hydrogens is 342 g/mol. The Bertz CT molecular complexity index is 522. The number of carbonyl (C=O) groups excluding carboxylic acids is 4. The maximum atomic E-state index is 11.4. The van der Waals surface area contributed by atoms with Crippen LogP contribution in [0, 0.1) is 0 Å². The smallest absolute Gasteiger partial charge is 0.303 e. The fourth-order valence-electron chi connectivity index (χ4n) is 2.33. The van der Waals surface area contributed by atoms with Crippen LogP contribution in [0.5, 0.6) is 0 Å². The van der Waals surface area contributed by atoms with E-state index in [1.54, 1.807) is 5.48 Å². The van der Waals surface area contributed by atoms with E-state index in [1.165, 1.54) is 0 Å². The summed E-state index contributed by atoms with van der Waals surface area (Å²) in [7, 11) is 0. The first-order valence-corrected chi connectivity index (χ1v) is 7.35. The molecule has 1 fully saturated rings. The predicted octanol–water partition coefficient (Wildman–Crippen LogP) is -0.952. The van der Waals surface area contributed by atoms with Crippen LogP contribution < -0.4 is 5.48 Å². The van der Waals surface area contributed by atoms with Crippen molar-refractivity contribution in [2.75, 3.05) is 6.61 Å². The molecule has 0 aromatic carbocycles. The number of hydrogen-bond acceptors (Lipinski definition) is 11. The van der Waals surface area contributed by atoms with Crippen molar-refractivity contribution < 1.29 is 48.1 Å². The standard InChI is InChI=1S/C14H21NO10/c1-6(16)21-5-10-11(22-7(2)17)12(23-8(3)18)13(24-9(4)19)14(15-20)25-10/h10-15,20H,5H2,1-4H3/t10-,11+,12+,13-,14-/m1/s1. The molecule has 25 heavy (non-hydrogen) atoms. The first kappa shape index (κ1) is 20.8. The Labute approximate surface area is 143 Å². The fourth-order valence-corrected chi connectivity index (χ4v) is 2.33. The molecule has 0 spiro atoms. The lowest BCUT2D eigenvalue weighted by Crippen LogP contribution is -2.65. The van der Waals surface area contributed by atoms with Crippen molar-refractivity contribution in [3.05, 3.63) is 0 Å². The van der Waals surface area contributed by atoms with Crippen LogP contribution in [0.25, 0.3) is 0 Å².